The minimum atomic E-state index is -2.11. The summed E-state index contributed by atoms with van der Waals surface area (Å²) in [5.41, 5.74) is 0.334. The SMILES string of the molecule is CCCC(CC(C)CC(C)(C)C)C(C)(CC)[P+](=O)O. The highest BCUT2D eigenvalue weighted by Crippen LogP contribution is 2.48. The van der Waals surface area contributed by atoms with Crippen LogP contribution < -0.4 is 0 Å². The quantitative estimate of drug-likeness (QED) is 0.576. The molecule has 0 aliphatic carbocycles. The van der Waals surface area contributed by atoms with Crippen molar-refractivity contribution >= 4 is 8.03 Å². The lowest BCUT2D eigenvalue weighted by Crippen LogP contribution is -2.32. The first-order valence-corrected chi connectivity index (χ1v) is 8.94. The molecule has 2 nitrogen and oxygen atoms in total. The fourth-order valence-corrected chi connectivity index (χ4v) is 4.04. The molecule has 19 heavy (non-hydrogen) atoms. The van der Waals surface area contributed by atoms with Gasteiger partial charge in [-0.15, -0.1) is 0 Å². The topological polar surface area (TPSA) is 37.3 Å². The molecule has 0 bridgehead atoms. The molecule has 0 rings (SSSR count). The van der Waals surface area contributed by atoms with Crippen LogP contribution in [-0.4, -0.2) is 10.0 Å². The van der Waals surface area contributed by atoms with E-state index in [4.69, 9.17) is 0 Å². The second-order valence-corrected chi connectivity index (χ2v) is 9.14. The van der Waals surface area contributed by atoms with Crippen molar-refractivity contribution in [3.63, 3.8) is 0 Å². The Hall–Kier alpha value is 0.0600. The molecule has 1 N–H and O–H groups in total. The molecule has 3 heteroatoms. The first kappa shape index (κ1) is 19.1. The van der Waals surface area contributed by atoms with Gasteiger partial charge in [-0.2, -0.15) is 4.89 Å². The average molecular weight is 289 g/mol. The molecule has 0 saturated carbocycles. The fourth-order valence-electron chi connectivity index (χ4n) is 3.23. The molecule has 0 aromatic carbocycles. The third-order valence-corrected chi connectivity index (χ3v) is 5.87. The molecule has 0 aliphatic rings. The maximum Gasteiger partial charge on any atom is 0.511 e. The Bertz CT molecular complexity index is 283. The molecule has 4 unspecified atom stereocenters. The largest absolute Gasteiger partial charge is 0.511 e. The first-order valence-electron chi connectivity index (χ1n) is 7.73. The monoisotopic (exact) mass is 289 g/mol. The van der Waals surface area contributed by atoms with E-state index in [9.17, 15) is 9.46 Å². The standard InChI is InChI=1S/C16H33O2P/c1-8-10-14(16(7,9-2)19(17)18)11-13(3)12-15(4,5)6/h13-14H,8-12H2,1-7H3/p+1. The lowest BCUT2D eigenvalue weighted by atomic mass is 9.76. The summed E-state index contributed by atoms with van der Waals surface area (Å²) in [7, 11) is -2.11. The average Bonchev–Trinajstić information content (AvgIpc) is 2.24. The molecule has 0 amide bonds. The lowest BCUT2D eigenvalue weighted by molar-refractivity contribution is 0.225. The second kappa shape index (κ2) is 7.74. The summed E-state index contributed by atoms with van der Waals surface area (Å²) in [6.45, 7) is 15.3. The van der Waals surface area contributed by atoms with Crippen molar-refractivity contribution in [1.29, 1.82) is 0 Å². The van der Waals surface area contributed by atoms with Crippen LogP contribution in [0.25, 0.3) is 0 Å². The Morgan fingerprint density at radius 3 is 2.00 bits per heavy atom. The van der Waals surface area contributed by atoms with Crippen LogP contribution in [0.15, 0.2) is 0 Å². The Labute approximate surface area is 121 Å². The minimum Gasteiger partial charge on any atom is -0.160 e. The molecular formula is C16H34O2P+. The molecule has 0 aliphatic heterocycles. The predicted molar refractivity (Wildman–Crippen MR) is 84.8 cm³/mol. The molecule has 0 fully saturated rings. The highest BCUT2D eigenvalue weighted by Gasteiger charge is 2.49. The Kier molecular flexibility index (Phi) is 7.76. The van der Waals surface area contributed by atoms with Crippen molar-refractivity contribution in [2.75, 3.05) is 0 Å². The highest BCUT2D eigenvalue weighted by molar-refractivity contribution is 7.40. The van der Waals surface area contributed by atoms with E-state index in [2.05, 4.69) is 34.6 Å². The van der Waals surface area contributed by atoms with Crippen LogP contribution in [0.5, 0.6) is 0 Å². The van der Waals surface area contributed by atoms with Gasteiger partial charge in [0.25, 0.3) is 0 Å². The fraction of sp³-hybridized carbons (Fsp3) is 1.00. The third-order valence-electron chi connectivity index (χ3n) is 4.32. The Morgan fingerprint density at radius 1 is 1.16 bits per heavy atom. The van der Waals surface area contributed by atoms with Gasteiger partial charge >= 0.3 is 8.03 Å². The van der Waals surface area contributed by atoms with Gasteiger partial charge in [0.15, 0.2) is 5.16 Å². The highest BCUT2D eigenvalue weighted by atomic mass is 31.1. The molecule has 0 heterocycles. The van der Waals surface area contributed by atoms with Crippen molar-refractivity contribution in [3.05, 3.63) is 0 Å². The van der Waals surface area contributed by atoms with Gasteiger partial charge in [-0.1, -0.05) is 48.0 Å². The molecule has 4 atom stereocenters. The van der Waals surface area contributed by atoms with Gasteiger partial charge in [0.05, 0.1) is 0 Å². The predicted octanol–water partition coefficient (Wildman–Crippen LogP) is 5.77. The summed E-state index contributed by atoms with van der Waals surface area (Å²) in [4.78, 5) is 9.72. The van der Waals surface area contributed by atoms with E-state index >= 15 is 0 Å². The normalized spacial score (nSPS) is 19.7. The van der Waals surface area contributed by atoms with Gasteiger partial charge in [0.2, 0.25) is 0 Å². The summed E-state index contributed by atoms with van der Waals surface area (Å²) in [5, 5.41) is -0.419. The van der Waals surface area contributed by atoms with E-state index in [1.54, 1.807) is 0 Å². The van der Waals surface area contributed by atoms with Crippen LogP contribution in [0.3, 0.4) is 0 Å². The van der Waals surface area contributed by atoms with Gasteiger partial charge in [0, 0.05) is 5.92 Å². The minimum absolute atomic E-state index is 0.334. The lowest BCUT2D eigenvalue weighted by Gasteiger charge is -2.31. The summed E-state index contributed by atoms with van der Waals surface area (Å²) >= 11 is 0. The van der Waals surface area contributed by atoms with Crippen molar-refractivity contribution in [2.45, 2.75) is 85.7 Å². The van der Waals surface area contributed by atoms with E-state index in [0.717, 1.165) is 25.7 Å². The third kappa shape index (κ3) is 6.36. The van der Waals surface area contributed by atoms with Crippen LogP contribution in [0.4, 0.5) is 0 Å². The zero-order chi connectivity index (χ0) is 15.3. The maximum absolute atomic E-state index is 11.8. The second-order valence-electron chi connectivity index (χ2n) is 7.57. The Balaban J connectivity index is 4.87. The molecule has 114 valence electrons. The van der Waals surface area contributed by atoms with Crippen molar-refractivity contribution in [1.82, 2.24) is 0 Å². The first-order chi connectivity index (χ1) is 8.56. The van der Waals surface area contributed by atoms with Gasteiger partial charge in [-0.05, 0) is 48.5 Å². The van der Waals surface area contributed by atoms with E-state index in [1.807, 2.05) is 13.8 Å². The van der Waals surface area contributed by atoms with Gasteiger partial charge in [-0.25, -0.2) is 0 Å². The molecule has 0 radical (unpaired) electrons. The van der Waals surface area contributed by atoms with E-state index in [1.165, 1.54) is 6.42 Å². The molecule has 0 aromatic heterocycles. The van der Waals surface area contributed by atoms with Crippen LogP contribution >= 0.6 is 8.03 Å². The van der Waals surface area contributed by atoms with Crippen molar-refractivity contribution < 1.29 is 9.46 Å². The van der Waals surface area contributed by atoms with Gasteiger partial charge < -0.3 is 0 Å². The van der Waals surface area contributed by atoms with Crippen LogP contribution in [-0.2, 0) is 4.57 Å². The van der Waals surface area contributed by atoms with Gasteiger partial charge in [0.1, 0.15) is 0 Å². The zero-order valence-corrected chi connectivity index (χ0v) is 14.9. The molecule has 0 aromatic rings. The molecule has 0 saturated heterocycles. The number of hydrogen-bond acceptors (Lipinski definition) is 1. The van der Waals surface area contributed by atoms with Crippen LogP contribution in [0.2, 0.25) is 0 Å². The summed E-state index contributed by atoms with van der Waals surface area (Å²) in [6.07, 6.45) is 5.17. The van der Waals surface area contributed by atoms with Crippen LogP contribution in [0.1, 0.15) is 80.6 Å². The zero-order valence-electron chi connectivity index (χ0n) is 14.0. The Morgan fingerprint density at radius 2 is 1.68 bits per heavy atom. The number of rotatable bonds is 8. The van der Waals surface area contributed by atoms with Gasteiger partial charge in [-0.3, -0.25) is 0 Å². The van der Waals surface area contributed by atoms with Crippen molar-refractivity contribution in [3.8, 4) is 0 Å². The smallest absolute Gasteiger partial charge is 0.160 e. The van der Waals surface area contributed by atoms with Crippen molar-refractivity contribution in [2.24, 2.45) is 17.3 Å². The maximum atomic E-state index is 11.8. The van der Waals surface area contributed by atoms with E-state index < -0.39 is 13.2 Å². The van der Waals surface area contributed by atoms with E-state index in [0.29, 0.717) is 17.3 Å². The molecular weight excluding hydrogens is 255 g/mol. The summed E-state index contributed by atoms with van der Waals surface area (Å²) in [6, 6.07) is 0. The summed E-state index contributed by atoms with van der Waals surface area (Å²) in [5.74, 6) is 0.964. The molecule has 0 spiro atoms. The number of hydrogen-bond donors (Lipinski definition) is 1. The summed E-state index contributed by atoms with van der Waals surface area (Å²) < 4.78 is 11.8. The van der Waals surface area contributed by atoms with E-state index in [-0.39, 0.29) is 0 Å². The van der Waals surface area contributed by atoms with Crippen LogP contribution in [0, 0.1) is 17.3 Å².